The zero-order valence-electron chi connectivity index (χ0n) is 8.56. The molecular weight excluding hydrogens is 212 g/mol. The fourth-order valence-electron chi connectivity index (χ4n) is 1.62. The Morgan fingerprint density at radius 3 is 2.60 bits per heavy atom. The van der Waals surface area contributed by atoms with Crippen LogP contribution >= 0.6 is 0 Å². The summed E-state index contributed by atoms with van der Waals surface area (Å²) in [5, 5.41) is 0.908. The summed E-state index contributed by atoms with van der Waals surface area (Å²) in [6.45, 7) is 0. The van der Waals surface area contributed by atoms with E-state index in [2.05, 4.69) is 4.72 Å². The second kappa shape index (κ2) is 3.27. The van der Waals surface area contributed by atoms with Crippen molar-refractivity contribution in [3.8, 4) is 0 Å². The highest BCUT2D eigenvalue weighted by atomic mass is 32.2. The van der Waals surface area contributed by atoms with Crippen molar-refractivity contribution in [1.82, 2.24) is 4.57 Å². The van der Waals surface area contributed by atoms with Crippen molar-refractivity contribution in [1.29, 1.82) is 0 Å². The summed E-state index contributed by atoms with van der Waals surface area (Å²) >= 11 is 0. The number of para-hydroxylation sites is 1. The van der Waals surface area contributed by atoms with Gasteiger partial charge >= 0.3 is 0 Å². The molecule has 1 aromatic heterocycles. The largest absolute Gasteiger partial charge is 0.348 e. The van der Waals surface area contributed by atoms with E-state index in [1.165, 1.54) is 0 Å². The van der Waals surface area contributed by atoms with Gasteiger partial charge in [-0.15, -0.1) is 0 Å². The summed E-state index contributed by atoms with van der Waals surface area (Å²) in [7, 11) is -1.33. The minimum atomic E-state index is -3.22. The Bertz CT molecular complexity index is 599. The first-order chi connectivity index (χ1) is 6.97. The number of aromatic nitrogens is 1. The number of benzene rings is 1. The molecule has 1 aromatic carbocycles. The molecule has 1 heterocycles. The summed E-state index contributed by atoms with van der Waals surface area (Å²) in [6, 6.07) is 7.65. The van der Waals surface area contributed by atoms with Crippen molar-refractivity contribution in [2.75, 3.05) is 11.0 Å². The van der Waals surface area contributed by atoms with Crippen LogP contribution in [-0.4, -0.2) is 19.2 Å². The maximum Gasteiger partial charge on any atom is 0.229 e. The SMILES string of the molecule is Cn1cc(NS(C)(=O)=O)c2ccccc21. The number of rotatable bonds is 2. The average molecular weight is 224 g/mol. The van der Waals surface area contributed by atoms with Crippen LogP contribution in [0.4, 0.5) is 5.69 Å². The number of aryl methyl sites for hydroxylation is 1. The van der Waals surface area contributed by atoms with E-state index < -0.39 is 10.0 Å². The van der Waals surface area contributed by atoms with Gasteiger partial charge in [0, 0.05) is 24.1 Å². The molecule has 0 spiro atoms. The number of fused-ring (bicyclic) bond motifs is 1. The van der Waals surface area contributed by atoms with Crippen LogP contribution < -0.4 is 4.72 Å². The molecule has 2 rings (SSSR count). The van der Waals surface area contributed by atoms with E-state index in [4.69, 9.17) is 0 Å². The quantitative estimate of drug-likeness (QED) is 0.841. The summed E-state index contributed by atoms with van der Waals surface area (Å²) < 4.78 is 26.7. The molecule has 0 atom stereocenters. The molecule has 0 fully saturated rings. The van der Waals surface area contributed by atoms with Crippen molar-refractivity contribution in [3.05, 3.63) is 30.5 Å². The van der Waals surface area contributed by atoms with Gasteiger partial charge in [0.1, 0.15) is 0 Å². The topological polar surface area (TPSA) is 51.1 Å². The summed E-state index contributed by atoms with van der Waals surface area (Å²) in [4.78, 5) is 0. The van der Waals surface area contributed by atoms with Gasteiger partial charge in [-0.05, 0) is 6.07 Å². The lowest BCUT2D eigenvalue weighted by Crippen LogP contribution is -2.08. The van der Waals surface area contributed by atoms with Crippen LogP contribution in [0.15, 0.2) is 30.5 Å². The number of sulfonamides is 1. The maximum absolute atomic E-state index is 11.1. The number of anilines is 1. The zero-order valence-corrected chi connectivity index (χ0v) is 9.38. The Labute approximate surface area is 88.6 Å². The molecule has 2 aromatic rings. The first-order valence-electron chi connectivity index (χ1n) is 4.49. The summed E-state index contributed by atoms with van der Waals surface area (Å²) in [6.07, 6.45) is 2.92. The van der Waals surface area contributed by atoms with Gasteiger partial charge in [-0.1, -0.05) is 18.2 Å². The van der Waals surface area contributed by atoms with Crippen molar-refractivity contribution in [3.63, 3.8) is 0 Å². The van der Waals surface area contributed by atoms with Gasteiger partial charge < -0.3 is 4.57 Å². The lowest BCUT2D eigenvalue weighted by atomic mass is 10.2. The first kappa shape index (κ1) is 10.0. The van der Waals surface area contributed by atoms with E-state index >= 15 is 0 Å². The Balaban J connectivity index is 2.62. The van der Waals surface area contributed by atoms with Crippen molar-refractivity contribution >= 4 is 26.6 Å². The van der Waals surface area contributed by atoms with Crippen LogP contribution in [0.3, 0.4) is 0 Å². The number of hydrogen-bond donors (Lipinski definition) is 1. The molecule has 0 saturated heterocycles. The van der Waals surface area contributed by atoms with Crippen molar-refractivity contribution in [2.45, 2.75) is 0 Å². The van der Waals surface area contributed by atoms with Gasteiger partial charge in [0.25, 0.3) is 0 Å². The summed E-state index contributed by atoms with van der Waals surface area (Å²) in [5.74, 6) is 0. The van der Waals surface area contributed by atoms with Gasteiger partial charge in [-0.2, -0.15) is 0 Å². The molecule has 4 nitrogen and oxygen atoms in total. The zero-order chi connectivity index (χ0) is 11.1. The standard InChI is InChI=1S/C10H12N2O2S/c1-12-7-9(11-15(2,13)14)8-5-3-4-6-10(8)12/h3-7,11H,1-2H3. The fourth-order valence-corrected chi connectivity index (χ4v) is 2.18. The maximum atomic E-state index is 11.1. The molecule has 15 heavy (non-hydrogen) atoms. The number of nitrogens with zero attached hydrogens (tertiary/aromatic N) is 1. The van der Waals surface area contributed by atoms with E-state index in [1.54, 1.807) is 6.20 Å². The predicted octanol–water partition coefficient (Wildman–Crippen LogP) is 1.55. The highest BCUT2D eigenvalue weighted by Crippen LogP contribution is 2.25. The molecule has 0 amide bonds. The van der Waals surface area contributed by atoms with Crippen molar-refractivity contribution < 1.29 is 8.42 Å². The molecule has 0 aliphatic carbocycles. The van der Waals surface area contributed by atoms with Gasteiger partial charge in [0.2, 0.25) is 10.0 Å². The number of nitrogens with one attached hydrogen (secondary N) is 1. The Kier molecular flexibility index (Phi) is 2.19. The van der Waals surface area contributed by atoms with E-state index in [0.29, 0.717) is 5.69 Å². The third kappa shape index (κ3) is 1.97. The predicted molar refractivity (Wildman–Crippen MR) is 61.4 cm³/mol. The highest BCUT2D eigenvalue weighted by molar-refractivity contribution is 7.92. The van der Waals surface area contributed by atoms with Gasteiger partial charge in [-0.3, -0.25) is 4.72 Å². The molecule has 1 N–H and O–H groups in total. The molecule has 0 aliphatic heterocycles. The highest BCUT2D eigenvalue weighted by Gasteiger charge is 2.08. The molecule has 0 unspecified atom stereocenters. The fraction of sp³-hybridized carbons (Fsp3) is 0.200. The van der Waals surface area contributed by atoms with E-state index in [9.17, 15) is 8.42 Å². The van der Waals surface area contributed by atoms with Crippen molar-refractivity contribution in [2.24, 2.45) is 7.05 Å². The van der Waals surface area contributed by atoms with Crippen LogP contribution in [0.1, 0.15) is 0 Å². The third-order valence-electron chi connectivity index (χ3n) is 2.19. The minimum Gasteiger partial charge on any atom is -0.348 e. The van der Waals surface area contributed by atoms with Crippen LogP contribution in [0.2, 0.25) is 0 Å². The smallest absolute Gasteiger partial charge is 0.229 e. The average Bonchev–Trinajstić information content (AvgIpc) is 2.42. The van der Waals surface area contributed by atoms with E-state index in [1.807, 2.05) is 35.9 Å². The molecule has 80 valence electrons. The van der Waals surface area contributed by atoms with Crippen LogP contribution in [0.25, 0.3) is 10.9 Å². The number of hydrogen-bond acceptors (Lipinski definition) is 2. The Morgan fingerprint density at radius 1 is 1.27 bits per heavy atom. The lowest BCUT2D eigenvalue weighted by molar-refractivity contribution is 0.607. The van der Waals surface area contributed by atoms with E-state index in [-0.39, 0.29) is 0 Å². The van der Waals surface area contributed by atoms with Gasteiger partial charge in [0.05, 0.1) is 11.9 Å². The van der Waals surface area contributed by atoms with Gasteiger partial charge in [0.15, 0.2) is 0 Å². The van der Waals surface area contributed by atoms with Crippen LogP contribution in [0.5, 0.6) is 0 Å². The van der Waals surface area contributed by atoms with Crippen LogP contribution in [0, 0.1) is 0 Å². The molecular formula is C10H12N2O2S. The monoisotopic (exact) mass is 224 g/mol. The second-order valence-corrected chi connectivity index (χ2v) is 5.29. The molecule has 0 aliphatic rings. The lowest BCUT2D eigenvalue weighted by Gasteiger charge is -2.00. The van der Waals surface area contributed by atoms with E-state index in [0.717, 1.165) is 17.2 Å². The molecule has 5 heteroatoms. The first-order valence-corrected chi connectivity index (χ1v) is 6.38. The Hall–Kier alpha value is -1.49. The Morgan fingerprint density at radius 2 is 1.93 bits per heavy atom. The molecule has 0 saturated carbocycles. The third-order valence-corrected chi connectivity index (χ3v) is 2.78. The van der Waals surface area contributed by atoms with Crippen LogP contribution in [-0.2, 0) is 17.1 Å². The normalized spacial score (nSPS) is 11.9. The summed E-state index contributed by atoms with van der Waals surface area (Å²) in [5.41, 5.74) is 1.62. The molecule has 0 radical (unpaired) electrons. The molecule has 0 bridgehead atoms. The van der Waals surface area contributed by atoms with Gasteiger partial charge in [-0.25, -0.2) is 8.42 Å². The minimum absolute atomic E-state index is 0.621. The second-order valence-electron chi connectivity index (χ2n) is 3.55.